The first-order chi connectivity index (χ1) is 16.2. The molecule has 1 aliphatic rings. The van der Waals surface area contributed by atoms with E-state index in [2.05, 4.69) is 4.74 Å². The lowest BCUT2D eigenvalue weighted by Gasteiger charge is -2.25. The van der Waals surface area contributed by atoms with Crippen LogP contribution in [0.15, 0.2) is 84.4 Å². The average molecular weight is 469 g/mol. The van der Waals surface area contributed by atoms with Crippen LogP contribution in [0.25, 0.3) is 5.76 Å². The van der Waals surface area contributed by atoms with Gasteiger partial charge in [-0.2, -0.15) is 0 Å². The second kappa shape index (κ2) is 8.93. The van der Waals surface area contributed by atoms with E-state index in [9.17, 15) is 27.9 Å². The van der Waals surface area contributed by atoms with Crippen molar-refractivity contribution in [2.45, 2.75) is 12.4 Å². The first kappa shape index (κ1) is 22.9. The molecule has 0 radical (unpaired) electrons. The van der Waals surface area contributed by atoms with Gasteiger partial charge in [0, 0.05) is 11.3 Å². The highest BCUT2D eigenvalue weighted by Gasteiger charge is 2.47. The predicted molar refractivity (Wildman–Crippen MR) is 117 cm³/mol. The van der Waals surface area contributed by atoms with E-state index in [0.29, 0.717) is 11.3 Å². The smallest absolute Gasteiger partial charge is 0.507 e. The topological polar surface area (TPSA) is 76.1 Å². The molecule has 1 N–H and O–H groups in total. The molecule has 1 heterocycles. The maximum Gasteiger partial charge on any atom is 0.573 e. The minimum absolute atomic E-state index is 0.153. The summed E-state index contributed by atoms with van der Waals surface area (Å²) >= 11 is 0. The lowest BCUT2D eigenvalue weighted by Crippen LogP contribution is -2.29. The number of aliphatic hydroxyl groups excluding tert-OH is 1. The number of carbonyl (C=O) groups excluding carboxylic acids is 2. The standard InChI is InChI=1S/C25H18F3NO5/c1-33-19-9-5-8-16(14-19)22(30)20-21(15-6-3-2-4-7-15)29(24(32)23(20)31)17-10-12-18(13-11-17)34-25(26,27)28/h2-14,21,30H,1H3/b22-20-. The Labute approximate surface area is 192 Å². The van der Waals surface area contributed by atoms with Crippen LogP contribution in [-0.4, -0.2) is 30.3 Å². The third-order valence-corrected chi connectivity index (χ3v) is 5.25. The Morgan fingerprint density at radius 2 is 1.59 bits per heavy atom. The largest absolute Gasteiger partial charge is 0.573 e. The van der Waals surface area contributed by atoms with Crippen LogP contribution in [0.1, 0.15) is 17.2 Å². The molecule has 6 nitrogen and oxygen atoms in total. The Morgan fingerprint density at radius 1 is 0.912 bits per heavy atom. The molecular weight excluding hydrogens is 451 g/mol. The highest BCUT2D eigenvalue weighted by molar-refractivity contribution is 6.51. The second-order valence-electron chi connectivity index (χ2n) is 7.35. The highest BCUT2D eigenvalue weighted by Crippen LogP contribution is 2.42. The number of carbonyl (C=O) groups is 2. The molecular formula is C25H18F3NO5. The van der Waals surface area contributed by atoms with Gasteiger partial charge in [0.15, 0.2) is 0 Å². The Morgan fingerprint density at radius 3 is 2.21 bits per heavy atom. The molecule has 0 spiro atoms. The number of rotatable bonds is 5. The summed E-state index contributed by atoms with van der Waals surface area (Å²) in [4.78, 5) is 27.3. The summed E-state index contributed by atoms with van der Waals surface area (Å²) in [5.74, 6) is -2.28. The third kappa shape index (κ3) is 4.45. The lowest BCUT2D eigenvalue weighted by molar-refractivity contribution is -0.274. The van der Waals surface area contributed by atoms with E-state index in [-0.39, 0.29) is 16.8 Å². The maximum atomic E-state index is 13.1. The van der Waals surface area contributed by atoms with E-state index in [1.165, 1.54) is 25.3 Å². The molecule has 1 aliphatic heterocycles. The fourth-order valence-electron chi connectivity index (χ4n) is 3.78. The number of anilines is 1. The molecule has 3 aromatic carbocycles. The van der Waals surface area contributed by atoms with Crippen molar-refractivity contribution in [2.24, 2.45) is 0 Å². The molecule has 0 aromatic heterocycles. The Kier molecular flexibility index (Phi) is 6.02. The molecule has 9 heteroatoms. The van der Waals surface area contributed by atoms with Gasteiger partial charge in [0.25, 0.3) is 11.7 Å². The molecule has 174 valence electrons. The van der Waals surface area contributed by atoms with Gasteiger partial charge < -0.3 is 14.6 Å². The zero-order chi connectivity index (χ0) is 24.5. The van der Waals surface area contributed by atoms with E-state index in [4.69, 9.17) is 4.74 Å². The monoisotopic (exact) mass is 469 g/mol. The SMILES string of the molecule is COc1cccc(/C(O)=C2/C(=O)C(=O)N(c3ccc(OC(F)(F)F)cc3)C2c2ccccc2)c1. The van der Waals surface area contributed by atoms with Gasteiger partial charge in [0.05, 0.1) is 18.7 Å². The maximum absolute atomic E-state index is 13.1. The number of alkyl halides is 3. The van der Waals surface area contributed by atoms with E-state index >= 15 is 0 Å². The van der Waals surface area contributed by atoms with E-state index in [1.807, 2.05) is 0 Å². The van der Waals surface area contributed by atoms with Crippen LogP contribution < -0.4 is 14.4 Å². The van der Waals surface area contributed by atoms with Crippen molar-refractivity contribution in [2.75, 3.05) is 12.0 Å². The van der Waals surface area contributed by atoms with Crippen LogP contribution in [0.2, 0.25) is 0 Å². The number of Topliss-reactive ketones (excluding diaryl/α,β-unsaturated/α-hetero) is 1. The predicted octanol–water partition coefficient (Wildman–Crippen LogP) is 5.22. The number of ether oxygens (including phenoxy) is 2. The van der Waals surface area contributed by atoms with Crippen molar-refractivity contribution >= 4 is 23.1 Å². The number of halogens is 3. The molecule has 1 atom stereocenters. The number of benzene rings is 3. The number of amides is 1. The molecule has 0 saturated carbocycles. The fraction of sp³-hybridized carbons (Fsp3) is 0.120. The fourth-order valence-corrected chi connectivity index (χ4v) is 3.78. The van der Waals surface area contributed by atoms with Gasteiger partial charge in [0.2, 0.25) is 0 Å². The third-order valence-electron chi connectivity index (χ3n) is 5.25. The van der Waals surface area contributed by atoms with Gasteiger partial charge in [0.1, 0.15) is 17.3 Å². The lowest BCUT2D eigenvalue weighted by atomic mass is 9.95. The zero-order valence-corrected chi connectivity index (χ0v) is 17.7. The van der Waals surface area contributed by atoms with Crippen LogP contribution in [0.5, 0.6) is 11.5 Å². The van der Waals surface area contributed by atoms with Crippen molar-refractivity contribution < 1.29 is 37.3 Å². The van der Waals surface area contributed by atoms with E-state index < -0.39 is 35.6 Å². The van der Waals surface area contributed by atoms with Crippen molar-refractivity contribution in [3.8, 4) is 11.5 Å². The molecule has 1 fully saturated rings. The Balaban J connectivity index is 1.84. The molecule has 3 aromatic rings. The summed E-state index contributed by atoms with van der Waals surface area (Å²) in [6, 6.07) is 18.5. The number of methoxy groups -OCH3 is 1. The van der Waals surface area contributed by atoms with E-state index in [1.54, 1.807) is 48.5 Å². The molecule has 0 aliphatic carbocycles. The summed E-state index contributed by atoms with van der Waals surface area (Å²) in [6.07, 6.45) is -4.87. The van der Waals surface area contributed by atoms with Gasteiger partial charge in [-0.15, -0.1) is 13.2 Å². The van der Waals surface area contributed by atoms with Crippen molar-refractivity contribution in [1.82, 2.24) is 0 Å². The average Bonchev–Trinajstić information content (AvgIpc) is 3.09. The Hall–Kier alpha value is -4.27. The van der Waals surface area contributed by atoms with Crippen LogP contribution >= 0.6 is 0 Å². The zero-order valence-electron chi connectivity index (χ0n) is 17.7. The minimum atomic E-state index is -4.87. The normalized spacial score (nSPS) is 17.6. The van der Waals surface area contributed by atoms with Crippen molar-refractivity contribution in [1.29, 1.82) is 0 Å². The summed E-state index contributed by atoms with van der Waals surface area (Å²) in [5.41, 5.74) is 0.809. The number of nitrogens with zero attached hydrogens (tertiary/aromatic N) is 1. The molecule has 4 rings (SSSR count). The van der Waals surface area contributed by atoms with Gasteiger partial charge >= 0.3 is 6.36 Å². The molecule has 1 saturated heterocycles. The number of aliphatic hydroxyl groups is 1. The van der Waals surface area contributed by atoms with Gasteiger partial charge in [-0.05, 0) is 42.0 Å². The van der Waals surface area contributed by atoms with E-state index in [0.717, 1.165) is 17.0 Å². The number of hydrogen-bond acceptors (Lipinski definition) is 5. The minimum Gasteiger partial charge on any atom is -0.507 e. The van der Waals surface area contributed by atoms with Gasteiger partial charge in [-0.25, -0.2) is 0 Å². The summed E-state index contributed by atoms with van der Waals surface area (Å²) in [7, 11) is 1.45. The second-order valence-corrected chi connectivity index (χ2v) is 7.35. The summed E-state index contributed by atoms with van der Waals surface area (Å²) < 4.78 is 46.6. The quantitative estimate of drug-likeness (QED) is 0.315. The first-order valence-corrected chi connectivity index (χ1v) is 10.1. The first-order valence-electron chi connectivity index (χ1n) is 10.1. The highest BCUT2D eigenvalue weighted by atomic mass is 19.4. The molecule has 1 amide bonds. The molecule has 0 bridgehead atoms. The van der Waals surface area contributed by atoms with Crippen LogP contribution in [0.4, 0.5) is 18.9 Å². The van der Waals surface area contributed by atoms with Crippen LogP contribution in [0, 0.1) is 0 Å². The Bertz CT molecular complexity index is 1250. The molecule has 34 heavy (non-hydrogen) atoms. The van der Waals surface area contributed by atoms with Gasteiger partial charge in [-0.1, -0.05) is 42.5 Å². The summed E-state index contributed by atoms with van der Waals surface area (Å²) in [6.45, 7) is 0. The van der Waals surface area contributed by atoms with Crippen LogP contribution in [0.3, 0.4) is 0 Å². The van der Waals surface area contributed by atoms with Crippen molar-refractivity contribution in [3.05, 3.63) is 95.6 Å². The molecule has 1 unspecified atom stereocenters. The van der Waals surface area contributed by atoms with Gasteiger partial charge in [-0.3, -0.25) is 14.5 Å². The summed E-state index contributed by atoms with van der Waals surface area (Å²) in [5, 5.41) is 11.1. The number of hydrogen-bond donors (Lipinski definition) is 1. The van der Waals surface area contributed by atoms with Crippen molar-refractivity contribution in [3.63, 3.8) is 0 Å². The number of ketones is 1. The van der Waals surface area contributed by atoms with Crippen LogP contribution in [-0.2, 0) is 9.59 Å².